The van der Waals surface area contributed by atoms with Crippen LogP contribution in [0.3, 0.4) is 0 Å². The number of aryl methyl sites for hydroxylation is 1. The molecule has 0 aliphatic rings. The fourth-order valence-electron chi connectivity index (χ4n) is 1.76. The number of nitrogens with zero attached hydrogens (tertiary/aromatic N) is 1. The number of hydrogen-bond acceptors (Lipinski definition) is 4. The van der Waals surface area contributed by atoms with Crippen molar-refractivity contribution in [3.8, 4) is 11.8 Å². The topological polar surface area (TPSA) is 59.3 Å². The standard InChI is InChI=1S/C16H22ClNO3Si/c1-12-10-14(17)7-8-15(12)20-9-5-6-16(19)21-22(3,4)13(2)11-18/h7-8,10,13H,5-6,9H2,1-4H3. The number of rotatable bonds is 7. The fourth-order valence-corrected chi connectivity index (χ4v) is 3.16. The maximum atomic E-state index is 11.8. The molecular weight excluding hydrogens is 318 g/mol. The van der Waals surface area contributed by atoms with Crippen LogP contribution in [0.1, 0.15) is 25.3 Å². The molecule has 0 fully saturated rings. The molecule has 0 aromatic heterocycles. The zero-order valence-corrected chi connectivity index (χ0v) is 15.2. The summed E-state index contributed by atoms with van der Waals surface area (Å²) in [5, 5.41) is 9.61. The van der Waals surface area contributed by atoms with Crippen LogP contribution in [-0.4, -0.2) is 20.9 Å². The van der Waals surface area contributed by atoms with Crippen molar-refractivity contribution in [1.29, 1.82) is 5.26 Å². The Morgan fingerprint density at radius 3 is 2.73 bits per heavy atom. The summed E-state index contributed by atoms with van der Waals surface area (Å²) in [7, 11) is -2.28. The number of nitriles is 1. The molecule has 0 saturated heterocycles. The molecule has 6 heteroatoms. The molecular formula is C16H22ClNO3Si. The van der Waals surface area contributed by atoms with Gasteiger partial charge in [-0.2, -0.15) is 5.26 Å². The summed E-state index contributed by atoms with van der Waals surface area (Å²) in [4.78, 5) is 11.8. The van der Waals surface area contributed by atoms with Crippen LogP contribution in [0.5, 0.6) is 5.75 Å². The summed E-state index contributed by atoms with van der Waals surface area (Å²) >= 11 is 5.88. The van der Waals surface area contributed by atoms with Crippen molar-refractivity contribution in [2.24, 2.45) is 0 Å². The van der Waals surface area contributed by atoms with Crippen molar-refractivity contribution < 1.29 is 14.0 Å². The Hall–Kier alpha value is -1.51. The van der Waals surface area contributed by atoms with Gasteiger partial charge in [0.15, 0.2) is 0 Å². The van der Waals surface area contributed by atoms with Gasteiger partial charge in [0.2, 0.25) is 0 Å². The van der Waals surface area contributed by atoms with E-state index < -0.39 is 8.32 Å². The van der Waals surface area contributed by atoms with E-state index >= 15 is 0 Å². The van der Waals surface area contributed by atoms with Crippen molar-refractivity contribution >= 4 is 25.9 Å². The zero-order valence-electron chi connectivity index (χ0n) is 13.5. The van der Waals surface area contributed by atoms with Crippen LogP contribution in [0, 0.1) is 18.3 Å². The zero-order chi connectivity index (χ0) is 16.8. The first-order valence-corrected chi connectivity index (χ1v) is 10.6. The van der Waals surface area contributed by atoms with Crippen LogP contribution in [0.2, 0.25) is 23.7 Å². The summed E-state index contributed by atoms with van der Waals surface area (Å²) in [6.07, 6.45) is 0.869. The van der Waals surface area contributed by atoms with Gasteiger partial charge in [0, 0.05) is 11.4 Å². The molecule has 0 saturated carbocycles. The largest absolute Gasteiger partial charge is 0.518 e. The fraction of sp³-hybridized carbons (Fsp3) is 0.500. The number of benzene rings is 1. The number of carbonyl (C=O) groups is 1. The molecule has 1 rings (SSSR count). The van der Waals surface area contributed by atoms with E-state index in [1.165, 1.54) is 0 Å². The van der Waals surface area contributed by atoms with Gasteiger partial charge in [-0.3, -0.25) is 4.79 Å². The van der Waals surface area contributed by atoms with E-state index in [2.05, 4.69) is 6.07 Å². The molecule has 120 valence electrons. The number of hydrogen-bond donors (Lipinski definition) is 0. The monoisotopic (exact) mass is 339 g/mol. The van der Waals surface area contributed by atoms with Crippen LogP contribution in [0.4, 0.5) is 0 Å². The highest BCUT2D eigenvalue weighted by atomic mass is 35.5. The van der Waals surface area contributed by atoms with Crippen LogP contribution < -0.4 is 4.74 Å². The molecule has 0 spiro atoms. The maximum absolute atomic E-state index is 11.8. The smallest absolute Gasteiger partial charge is 0.292 e. The molecule has 0 bridgehead atoms. The Kier molecular flexibility index (Phi) is 6.91. The van der Waals surface area contributed by atoms with E-state index in [1.807, 2.05) is 32.2 Å². The summed E-state index contributed by atoms with van der Waals surface area (Å²) < 4.78 is 11.1. The Morgan fingerprint density at radius 1 is 1.45 bits per heavy atom. The summed E-state index contributed by atoms with van der Waals surface area (Å²) in [5.74, 6) is 0.515. The van der Waals surface area contributed by atoms with Gasteiger partial charge >= 0.3 is 0 Å². The molecule has 4 nitrogen and oxygen atoms in total. The third-order valence-electron chi connectivity index (χ3n) is 3.53. The minimum absolute atomic E-state index is 0.218. The Bertz CT molecular complexity index is 569. The number of carbonyl (C=O) groups excluding carboxylic acids is 1. The lowest BCUT2D eigenvalue weighted by molar-refractivity contribution is -0.135. The van der Waals surface area contributed by atoms with Crippen LogP contribution in [0.25, 0.3) is 0 Å². The molecule has 0 amide bonds. The van der Waals surface area contributed by atoms with Crippen LogP contribution >= 0.6 is 11.6 Å². The summed E-state index contributed by atoms with van der Waals surface area (Å²) in [6, 6.07) is 7.59. The molecule has 1 unspecified atom stereocenters. The average molecular weight is 340 g/mol. The van der Waals surface area contributed by atoms with Crippen molar-refractivity contribution in [2.45, 2.75) is 45.3 Å². The molecule has 0 aliphatic carbocycles. The van der Waals surface area contributed by atoms with Crippen molar-refractivity contribution in [1.82, 2.24) is 0 Å². The van der Waals surface area contributed by atoms with Crippen LogP contribution in [0.15, 0.2) is 18.2 Å². The summed E-state index contributed by atoms with van der Waals surface area (Å²) in [6.45, 7) is 7.92. The molecule has 22 heavy (non-hydrogen) atoms. The van der Waals surface area contributed by atoms with Gasteiger partial charge in [0.25, 0.3) is 14.3 Å². The third-order valence-corrected chi connectivity index (χ3v) is 6.74. The van der Waals surface area contributed by atoms with E-state index in [9.17, 15) is 4.79 Å². The first-order chi connectivity index (χ1) is 10.3. The molecule has 0 aliphatic heterocycles. The van der Waals surface area contributed by atoms with Gasteiger partial charge < -0.3 is 9.16 Å². The highest BCUT2D eigenvalue weighted by Crippen LogP contribution is 2.23. The number of ether oxygens (including phenoxy) is 1. The van der Waals surface area contributed by atoms with E-state index in [4.69, 9.17) is 26.0 Å². The second-order valence-corrected chi connectivity index (χ2v) is 10.5. The van der Waals surface area contributed by atoms with Crippen molar-refractivity contribution in [2.75, 3.05) is 6.61 Å². The molecule has 1 atom stereocenters. The van der Waals surface area contributed by atoms with Gasteiger partial charge in [0.1, 0.15) is 5.75 Å². The lowest BCUT2D eigenvalue weighted by atomic mass is 10.2. The van der Waals surface area contributed by atoms with Gasteiger partial charge in [-0.25, -0.2) is 0 Å². The van der Waals surface area contributed by atoms with E-state index in [0.717, 1.165) is 11.3 Å². The van der Waals surface area contributed by atoms with E-state index in [1.54, 1.807) is 13.0 Å². The Morgan fingerprint density at radius 2 is 2.14 bits per heavy atom. The van der Waals surface area contributed by atoms with Crippen LogP contribution in [-0.2, 0) is 9.22 Å². The molecule has 1 aromatic rings. The van der Waals surface area contributed by atoms with Gasteiger partial charge in [-0.05, 0) is 57.1 Å². The Balaban J connectivity index is 2.36. The Labute approximate surface area is 138 Å². The predicted octanol–water partition coefficient (Wildman–Crippen LogP) is 4.47. The molecule has 0 N–H and O–H groups in total. The maximum Gasteiger partial charge on any atom is 0.292 e. The highest BCUT2D eigenvalue weighted by Gasteiger charge is 2.34. The normalized spacial score (nSPS) is 12.4. The minimum Gasteiger partial charge on any atom is -0.518 e. The van der Waals surface area contributed by atoms with Crippen molar-refractivity contribution in [3.05, 3.63) is 28.8 Å². The van der Waals surface area contributed by atoms with Gasteiger partial charge in [-0.15, -0.1) is 0 Å². The molecule has 0 radical (unpaired) electrons. The lowest BCUT2D eigenvalue weighted by Gasteiger charge is -2.24. The SMILES string of the molecule is Cc1cc(Cl)ccc1OCCCC(=O)O[Si](C)(C)C(C)C#N. The lowest BCUT2D eigenvalue weighted by Crippen LogP contribution is -2.37. The predicted molar refractivity (Wildman–Crippen MR) is 89.5 cm³/mol. The van der Waals surface area contributed by atoms with Gasteiger partial charge in [0.05, 0.1) is 18.2 Å². The molecule has 0 heterocycles. The first-order valence-electron chi connectivity index (χ1n) is 7.26. The highest BCUT2D eigenvalue weighted by molar-refractivity contribution is 6.74. The second-order valence-electron chi connectivity index (χ2n) is 5.79. The number of halogens is 1. The quantitative estimate of drug-likeness (QED) is 0.543. The van der Waals surface area contributed by atoms with E-state index in [-0.39, 0.29) is 11.5 Å². The second kappa shape index (κ2) is 8.21. The average Bonchev–Trinajstić information content (AvgIpc) is 2.43. The first kappa shape index (κ1) is 18.5. The van der Waals surface area contributed by atoms with E-state index in [0.29, 0.717) is 24.5 Å². The molecule has 1 aromatic carbocycles. The van der Waals surface area contributed by atoms with Gasteiger partial charge in [-0.1, -0.05) is 11.6 Å². The minimum atomic E-state index is -2.28. The third kappa shape index (κ3) is 5.70. The summed E-state index contributed by atoms with van der Waals surface area (Å²) in [5.41, 5.74) is 0.746. The van der Waals surface area contributed by atoms with Crippen molar-refractivity contribution in [3.63, 3.8) is 0 Å².